The van der Waals surface area contributed by atoms with Gasteiger partial charge in [-0.2, -0.15) is 0 Å². The van der Waals surface area contributed by atoms with Gasteiger partial charge in [0.1, 0.15) is 18.0 Å². The Balaban J connectivity index is 2.00. The molecule has 6 heteroatoms. The summed E-state index contributed by atoms with van der Waals surface area (Å²) in [5, 5.41) is 12.0. The van der Waals surface area contributed by atoms with Crippen LogP contribution in [-0.4, -0.2) is 41.2 Å². The second kappa shape index (κ2) is 5.86. The molecule has 0 spiro atoms. The van der Waals surface area contributed by atoms with Crippen molar-refractivity contribution in [2.24, 2.45) is 5.92 Å². The van der Waals surface area contributed by atoms with Crippen LogP contribution in [-0.2, 0) is 4.79 Å². The number of carboxylic acids is 1. The lowest BCUT2D eigenvalue weighted by molar-refractivity contribution is -0.142. The number of nitrogens with zero attached hydrogens (tertiary/aromatic N) is 3. The van der Waals surface area contributed by atoms with Crippen LogP contribution in [0.5, 0.6) is 0 Å². The van der Waals surface area contributed by atoms with E-state index < -0.39 is 5.97 Å². The van der Waals surface area contributed by atoms with Gasteiger partial charge in [-0.1, -0.05) is 0 Å². The van der Waals surface area contributed by atoms with E-state index in [1.54, 1.807) is 6.33 Å². The molecule has 0 atom stereocenters. The summed E-state index contributed by atoms with van der Waals surface area (Å²) in [6.07, 6.45) is 4.82. The fraction of sp³-hybridized carbons (Fsp3) is 0.615. The van der Waals surface area contributed by atoms with Gasteiger partial charge in [0, 0.05) is 26.2 Å². The van der Waals surface area contributed by atoms with Crippen molar-refractivity contribution in [3.8, 4) is 0 Å². The third-order valence-corrected chi connectivity index (χ3v) is 3.86. The molecule has 0 aromatic carbocycles. The van der Waals surface area contributed by atoms with Crippen molar-refractivity contribution in [1.82, 2.24) is 9.97 Å². The Kier molecular flexibility index (Phi) is 4.19. The predicted octanol–water partition coefficient (Wildman–Crippen LogP) is 1.60. The summed E-state index contributed by atoms with van der Waals surface area (Å²) < 4.78 is 0. The number of carbonyl (C=O) groups is 1. The summed E-state index contributed by atoms with van der Waals surface area (Å²) in [4.78, 5) is 21.4. The van der Waals surface area contributed by atoms with Crippen LogP contribution < -0.4 is 10.2 Å². The highest BCUT2D eigenvalue weighted by molar-refractivity contribution is 5.70. The molecule has 0 amide bonds. The molecule has 2 rings (SSSR count). The molecule has 104 valence electrons. The summed E-state index contributed by atoms with van der Waals surface area (Å²) in [5.41, 5.74) is 0. The first-order valence-corrected chi connectivity index (χ1v) is 6.57. The molecule has 1 heterocycles. The third kappa shape index (κ3) is 3.13. The fourth-order valence-corrected chi connectivity index (χ4v) is 2.57. The Morgan fingerprint density at radius 2 is 2.05 bits per heavy atom. The molecule has 1 fully saturated rings. The van der Waals surface area contributed by atoms with Crippen LogP contribution in [0.4, 0.5) is 11.6 Å². The first kappa shape index (κ1) is 13.6. The Bertz CT molecular complexity index is 444. The Morgan fingerprint density at radius 1 is 1.37 bits per heavy atom. The topological polar surface area (TPSA) is 78.4 Å². The number of anilines is 2. The van der Waals surface area contributed by atoms with E-state index >= 15 is 0 Å². The number of rotatable bonds is 4. The second-order valence-electron chi connectivity index (χ2n) is 4.97. The standard InChI is InChI=1S/C13H20N4O2/c1-14-11-7-12(16-8-15-11)17(2)10-5-3-9(4-6-10)13(18)19/h7-10H,3-6H2,1-2H3,(H,18,19)(H,14,15,16). The fourth-order valence-electron chi connectivity index (χ4n) is 2.57. The van der Waals surface area contributed by atoms with Crippen molar-refractivity contribution < 1.29 is 9.90 Å². The zero-order valence-corrected chi connectivity index (χ0v) is 11.3. The molecular formula is C13H20N4O2. The molecule has 1 aromatic heterocycles. The molecule has 0 saturated heterocycles. The first-order chi connectivity index (χ1) is 9.11. The van der Waals surface area contributed by atoms with Crippen molar-refractivity contribution in [3.05, 3.63) is 12.4 Å². The number of carboxylic acid groups (broad SMARTS) is 1. The van der Waals surface area contributed by atoms with Gasteiger partial charge in [0.05, 0.1) is 5.92 Å². The van der Waals surface area contributed by atoms with E-state index in [0.29, 0.717) is 6.04 Å². The Hall–Kier alpha value is -1.85. The van der Waals surface area contributed by atoms with Crippen molar-refractivity contribution in [2.45, 2.75) is 31.7 Å². The number of aliphatic carboxylic acids is 1. The lowest BCUT2D eigenvalue weighted by Gasteiger charge is -2.34. The van der Waals surface area contributed by atoms with E-state index in [1.807, 2.05) is 20.2 Å². The first-order valence-electron chi connectivity index (χ1n) is 6.57. The van der Waals surface area contributed by atoms with Gasteiger partial charge in [-0.15, -0.1) is 0 Å². The van der Waals surface area contributed by atoms with Gasteiger partial charge in [-0.3, -0.25) is 4.79 Å². The smallest absolute Gasteiger partial charge is 0.306 e. The molecule has 0 bridgehead atoms. The quantitative estimate of drug-likeness (QED) is 0.860. The van der Waals surface area contributed by atoms with E-state index in [4.69, 9.17) is 5.11 Å². The minimum absolute atomic E-state index is 0.178. The lowest BCUT2D eigenvalue weighted by atomic mass is 9.85. The number of aromatic nitrogens is 2. The maximum atomic E-state index is 10.9. The average molecular weight is 264 g/mol. The Labute approximate surface area is 112 Å². The van der Waals surface area contributed by atoms with Gasteiger partial charge < -0.3 is 15.3 Å². The molecule has 19 heavy (non-hydrogen) atoms. The third-order valence-electron chi connectivity index (χ3n) is 3.86. The van der Waals surface area contributed by atoms with E-state index in [2.05, 4.69) is 20.2 Å². The van der Waals surface area contributed by atoms with Crippen molar-refractivity contribution in [1.29, 1.82) is 0 Å². The zero-order valence-electron chi connectivity index (χ0n) is 11.3. The van der Waals surface area contributed by atoms with Crippen molar-refractivity contribution in [3.63, 3.8) is 0 Å². The summed E-state index contributed by atoms with van der Waals surface area (Å²) in [6.45, 7) is 0. The maximum absolute atomic E-state index is 10.9. The zero-order chi connectivity index (χ0) is 13.8. The van der Waals surface area contributed by atoms with E-state index in [9.17, 15) is 4.79 Å². The highest BCUT2D eigenvalue weighted by Gasteiger charge is 2.28. The molecule has 0 radical (unpaired) electrons. The van der Waals surface area contributed by atoms with E-state index in [-0.39, 0.29) is 5.92 Å². The molecule has 1 aliphatic rings. The predicted molar refractivity (Wildman–Crippen MR) is 73.4 cm³/mol. The van der Waals surface area contributed by atoms with Crippen molar-refractivity contribution in [2.75, 3.05) is 24.3 Å². The summed E-state index contributed by atoms with van der Waals surface area (Å²) in [7, 11) is 3.83. The van der Waals surface area contributed by atoms with Gasteiger partial charge in [-0.25, -0.2) is 9.97 Å². The summed E-state index contributed by atoms with van der Waals surface area (Å²) in [6, 6.07) is 2.26. The number of hydrogen-bond donors (Lipinski definition) is 2. The highest BCUT2D eigenvalue weighted by Crippen LogP contribution is 2.29. The summed E-state index contributed by atoms with van der Waals surface area (Å²) in [5.74, 6) is 0.817. The van der Waals surface area contributed by atoms with Gasteiger partial charge in [0.2, 0.25) is 0 Å². The average Bonchev–Trinajstić information content (AvgIpc) is 2.46. The van der Waals surface area contributed by atoms with Gasteiger partial charge in [0.15, 0.2) is 0 Å². The van der Waals surface area contributed by atoms with Gasteiger partial charge >= 0.3 is 5.97 Å². The molecule has 2 N–H and O–H groups in total. The molecule has 1 aliphatic carbocycles. The van der Waals surface area contributed by atoms with Crippen LogP contribution in [0.25, 0.3) is 0 Å². The van der Waals surface area contributed by atoms with Crippen molar-refractivity contribution >= 4 is 17.6 Å². The Morgan fingerprint density at radius 3 is 2.63 bits per heavy atom. The van der Waals surface area contributed by atoms with Crippen LogP contribution in [0.15, 0.2) is 12.4 Å². The largest absolute Gasteiger partial charge is 0.481 e. The van der Waals surface area contributed by atoms with E-state index in [1.165, 1.54) is 0 Å². The van der Waals surface area contributed by atoms with Gasteiger partial charge in [0.25, 0.3) is 0 Å². The second-order valence-corrected chi connectivity index (χ2v) is 4.97. The molecular weight excluding hydrogens is 244 g/mol. The SMILES string of the molecule is CNc1cc(N(C)C2CCC(C(=O)O)CC2)ncn1. The number of nitrogens with one attached hydrogen (secondary N) is 1. The van der Waals surface area contributed by atoms with Gasteiger partial charge in [-0.05, 0) is 25.7 Å². The minimum atomic E-state index is -0.666. The lowest BCUT2D eigenvalue weighted by Crippen LogP contribution is -2.37. The van der Waals surface area contributed by atoms with Crippen LogP contribution in [0.1, 0.15) is 25.7 Å². The monoisotopic (exact) mass is 264 g/mol. The van der Waals surface area contributed by atoms with Crippen LogP contribution in [0, 0.1) is 5.92 Å². The molecule has 1 aromatic rings. The molecule has 0 aliphatic heterocycles. The molecule has 1 saturated carbocycles. The molecule has 6 nitrogen and oxygen atoms in total. The van der Waals surface area contributed by atoms with E-state index in [0.717, 1.165) is 37.3 Å². The minimum Gasteiger partial charge on any atom is -0.481 e. The van der Waals surface area contributed by atoms with Crippen LogP contribution in [0.2, 0.25) is 0 Å². The van der Waals surface area contributed by atoms with Crippen LogP contribution >= 0.6 is 0 Å². The molecule has 0 unspecified atom stereocenters. The maximum Gasteiger partial charge on any atom is 0.306 e. The normalized spacial score (nSPS) is 22.8. The summed E-state index contributed by atoms with van der Waals surface area (Å²) >= 11 is 0. The highest BCUT2D eigenvalue weighted by atomic mass is 16.4. The number of hydrogen-bond acceptors (Lipinski definition) is 5. The van der Waals surface area contributed by atoms with Crippen LogP contribution in [0.3, 0.4) is 0 Å².